The largest absolute Gasteiger partial charge is 0.460 e. The highest BCUT2D eigenvalue weighted by atomic mass is 16.6. The summed E-state index contributed by atoms with van der Waals surface area (Å²) < 4.78 is 16.3. The third-order valence-corrected chi connectivity index (χ3v) is 5.85. The summed E-state index contributed by atoms with van der Waals surface area (Å²) in [5, 5.41) is 0. The van der Waals surface area contributed by atoms with Crippen LogP contribution in [0.2, 0.25) is 0 Å². The predicted octanol–water partition coefficient (Wildman–Crippen LogP) is 2.96. The molecular formula is C18H28O4. The second-order valence-electron chi connectivity index (χ2n) is 6.95. The van der Waals surface area contributed by atoms with E-state index in [1.165, 1.54) is 38.5 Å². The van der Waals surface area contributed by atoms with E-state index in [-0.39, 0.29) is 6.61 Å². The van der Waals surface area contributed by atoms with E-state index in [4.69, 9.17) is 14.2 Å². The third kappa shape index (κ3) is 3.72. The predicted molar refractivity (Wildman–Crippen MR) is 83.4 cm³/mol. The molecule has 124 valence electrons. The second-order valence-corrected chi connectivity index (χ2v) is 6.95. The molecule has 5 atom stereocenters. The van der Waals surface area contributed by atoms with Crippen LogP contribution in [-0.4, -0.2) is 38.5 Å². The van der Waals surface area contributed by atoms with Crippen molar-refractivity contribution in [3.63, 3.8) is 0 Å². The van der Waals surface area contributed by atoms with Crippen LogP contribution in [0.3, 0.4) is 0 Å². The second kappa shape index (κ2) is 7.60. The van der Waals surface area contributed by atoms with Crippen molar-refractivity contribution in [1.82, 2.24) is 0 Å². The summed E-state index contributed by atoms with van der Waals surface area (Å²) in [6, 6.07) is 0. The van der Waals surface area contributed by atoms with Crippen LogP contribution in [-0.2, 0) is 19.0 Å². The van der Waals surface area contributed by atoms with Gasteiger partial charge in [0.05, 0.1) is 25.9 Å². The van der Waals surface area contributed by atoms with Crippen molar-refractivity contribution in [2.45, 2.75) is 44.6 Å². The number of ether oxygens (including phenoxy) is 3. The first-order chi connectivity index (χ1) is 10.8. The minimum Gasteiger partial charge on any atom is -0.460 e. The van der Waals surface area contributed by atoms with Crippen molar-refractivity contribution in [3.8, 4) is 0 Å². The van der Waals surface area contributed by atoms with Gasteiger partial charge in [0.1, 0.15) is 6.61 Å². The molecular weight excluding hydrogens is 280 g/mol. The normalized spacial score (nSPS) is 36.1. The number of fused-ring (bicyclic) bond motifs is 5. The average Bonchev–Trinajstić information content (AvgIpc) is 3.15. The van der Waals surface area contributed by atoms with Gasteiger partial charge in [0.15, 0.2) is 0 Å². The smallest absolute Gasteiger partial charge is 0.330 e. The van der Waals surface area contributed by atoms with Crippen LogP contribution in [0, 0.1) is 23.7 Å². The van der Waals surface area contributed by atoms with Gasteiger partial charge in [-0.1, -0.05) is 6.58 Å². The summed E-state index contributed by atoms with van der Waals surface area (Å²) in [4.78, 5) is 10.8. The maximum Gasteiger partial charge on any atom is 0.330 e. The molecule has 0 saturated heterocycles. The molecule has 22 heavy (non-hydrogen) atoms. The molecule has 0 aromatic carbocycles. The van der Waals surface area contributed by atoms with Gasteiger partial charge in [-0.2, -0.15) is 0 Å². The topological polar surface area (TPSA) is 44.8 Å². The molecule has 3 aliphatic rings. The van der Waals surface area contributed by atoms with Crippen molar-refractivity contribution in [2.24, 2.45) is 23.7 Å². The van der Waals surface area contributed by atoms with Crippen molar-refractivity contribution in [1.29, 1.82) is 0 Å². The fraction of sp³-hybridized carbons (Fsp3) is 0.833. The van der Waals surface area contributed by atoms with Gasteiger partial charge < -0.3 is 14.2 Å². The summed E-state index contributed by atoms with van der Waals surface area (Å²) in [6.45, 7) is 5.26. The summed E-state index contributed by atoms with van der Waals surface area (Å²) in [5.41, 5.74) is 0. The van der Waals surface area contributed by atoms with Gasteiger partial charge in [-0.3, -0.25) is 0 Å². The van der Waals surface area contributed by atoms with Crippen LogP contribution in [0.15, 0.2) is 12.7 Å². The van der Waals surface area contributed by atoms with Crippen LogP contribution in [0.25, 0.3) is 0 Å². The molecule has 0 heterocycles. The van der Waals surface area contributed by atoms with Gasteiger partial charge in [0.25, 0.3) is 0 Å². The monoisotopic (exact) mass is 308 g/mol. The van der Waals surface area contributed by atoms with E-state index in [2.05, 4.69) is 6.58 Å². The van der Waals surface area contributed by atoms with E-state index >= 15 is 0 Å². The van der Waals surface area contributed by atoms with E-state index in [1.807, 2.05) is 0 Å². The molecule has 5 unspecified atom stereocenters. The van der Waals surface area contributed by atoms with Gasteiger partial charge in [0.2, 0.25) is 0 Å². The van der Waals surface area contributed by atoms with Gasteiger partial charge in [-0.15, -0.1) is 0 Å². The summed E-state index contributed by atoms with van der Waals surface area (Å²) in [5.74, 6) is 3.59. The number of hydrogen-bond acceptors (Lipinski definition) is 4. The minimum atomic E-state index is -0.400. The molecule has 4 heteroatoms. The lowest BCUT2D eigenvalue weighted by Crippen LogP contribution is -2.33. The first kappa shape index (κ1) is 16.0. The minimum absolute atomic E-state index is 0.279. The summed E-state index contributed by atoms with van der Waals surface area (Å²) in [7, 11) is 0. The van der Waals surface area contributed by atoms with Crippen LogP contribution in [0.5, 0.6) is 0 Å². The standard InChI is InChI=1S/C18H28O4/c1-2-18(19)22-10-8-20-7-9-21-15-5-6-16-13-3-4-14(11-13)17(16)12-15/h2,13-17H,1,3-12H2. The fourth-order valence-corrected chi connectivity index (χ4v) is 4.93. The molecule has 0 aromatic rings. The van der Waals surface area contributed by atoms with E-state index < -0.39 is 5.97 Å². The van der Waals surface area contributed by atoms with Crippen molar-refractivity contribution >= 4 is 5.97 Å². The molecule has 3 rings (SSSR count). The lowest BCUT2D eigenvalue weighted by atomic mass is 9.70. The lowest BCUT2D eigenvalue weighted by molar-refractivity contribution is -0.139. The summed E-state index contributed by atoms with van der Waals surface area (Å²) >= 11 is 0. The number of carbonyl (C=O) groups is 1. The number of hydrogen-bond donors (Lipinski definition) is 0. The van der Waals surface area contributed by atoms with Crippen molar-refractivity contribution in [2.75, 3.05) is 26.4 Å². The Morgan fingerprint density at radius 1 is 0.955 bits per heavy atom. The third-order valence-electron chi connectivity index (χ3n) is 5.85. The zero-order chi connectivity index (χ0) is 15.4. The molecule has 0 spiro atoms. The van der Waals surface area contributed by atoms with Crippen LogP contribution < -0.4 is 0 Å². The van der Waals surface area contributed by atoms with Crippen LogP contribution in [0.4, 0.5) is 0 Å². The fourth-order valence-electron chi connectivity index (χ4n) is 4.93. The Morgan fingerprint density at radius 2 is 1.73 bits per heavy atom. The van der Waals surface area contributed by atoms with Gasteiger partial charge in [0, 0.05) is 6.08 Å². The highest BCUT2D eigenvalue weighted by molar-refractivity contribution is 5.81. The lowest BCUT2D eigenvalue weighted by Gasteiger charge is -2.38. The summed E-state index contributed by atoms with van der Waals surface area (Å²) in [6.07, 6.45) is 9.90. The molecule has 3 aliphatic carbocycles. The van der Waals surface area contributed by atoms with E-state index in [1.54, 1.807) is 0 Å². The molecule has 4 nitrogen and oxygen atoms in total. The van der Waals surface area contributed by atoms with Crippen molar-refractivity contribution < 1.29 is 19.0 Å². The Balaban J connectivity index is 1.24. The zero-order valence-corrected chi connectivity index (χ0v) is 13.4. The maximum atomic E-state index is 10.8. The first-order valence-corrected chi connectivity index (χ1v) is 8.76. The molecule has 3 saturated carbocycles. The molecule has 2 bridgehead atoms. The first-order valence-electron chi connectivity index (χ1n) is 8.76. The van der Waals surface area contributed by atoms with E-state index in [0.717, 1.165) is 29.7 Å². The Morgan fingerprint density at radius 3 is 2.55 bits per heavy atom. The molecule has 0 amide bonds. The van der Waals surface area contributed by atoms with E-state index in [0.29, 0.717) is 25.9 Å². The number of esters is 1. The van der Waals surface area contributed by atoms with Crippen LogP contribution >= 0.6 is 0 Å². The number of rotatable bonds is 8. The quantitative estimate of drug-likeness (QED) is 0.393. The zero-order valence-electron chi connectivity index (χ0n) is 13.4. The molecule has 3 fully saturated rings. The maximum absolute atomic E-state index is 10.8. The molecule has 0 radical (unpaired) electrons. The Kier molecular flexibility index (Phi) is 5.53. The average molecular weight is 308 g/mol. The highest BCUT2D eigenvalue weighted by Gasteiger charge is 2.49. The van der Waals surface area contributed by atoms with Crippen LogP contribution in [0.1, 0.15) is 38.5 Å². The van der Waals surface area contributed by atoms with E-state index in [9.17, 15) is 4.79 Å². The molecule has 0 aromatic heterocycles. The Hall–Kier alpha value is -0.870. The SMILES string of the molecule is C=CC(=O)OCCOCCOC1CCC2C3CCC(C3)C2C1. The number of carbonyl (C=O) groups excluding carboxylic acids is 1. The Labute approximate surface area is 133 Å². The van der Waals surface area contributed by atoms with Crippen molar-refractivity contribution in [3.05, 3.63) is 12.7 Å². The molecule has 0 aliphatic heterocycles. The van der Waals surface area contributed by atoms with Gasteiger partial charge in [-0.25, -0.2) is 4.79 Å². The van der Waals surface area contributed by atoms with Gasteiger partial charge >= 0.3 is 5.97 Å². The highest BCUT2D eigenvalue weighted by Crippen LogP contribution is 2.57. The Bertz CT molecular complexity index is 395. The molecule has 0 N–H and O–H groups in total. The van der Waals surface area contributed by atoms with Gasteiger partial charge in [-0.05, 0) is 62.2 Å².